The number of amides is 2. The SMILES string of the molecule is Cc1ccc(CN(C)C(=O)NCc2nnc3ccccn23)s1. The molecule has 0 saturated heterocycles. The molecule has 3 aromatic rings. The van der Waals surface area contributed by atoms with Crippen LogP contribution in [0.25, 0.3) is 5.65 Å². The number of rotatable bonds is 4. The summed E-state index contributed by atoms with van der Waals surface area (Å²) in [6.07, 6.45) is 1.88. The van der Waals surface area contributed by atoms with E-state index in [2.05, 4.69) is 34.6 Å². The van der Waals surface area contributed by atoms with E-state index in [0.717, 1.165) is 5.65 Å². The highest BCUT2D eigenvalue weighted by molar-refractivity contribution is 7.11. The molecule has 0 aliphatic carbocycles. The summed E-state index contributed by atoms with van der Waals surface area (Å²) in [4.78, 5) is 16.2. The zero-order chi connectivity index (χ0) is 15.5. The number of carbonyl (C=O) groups excluding carboxylic acids is 1. The highest BCUT2D eigenvalue weighted by atomic mass is 32.1. The molecule has 0 spiro atoms. The first-order chi connectivity index (χ1) is 10.6. The Balaban J connectivity index is 1.59. The fourth-order valence-corrected chi connectivity index (χ4v) is 3.12. The molecule has 0 aliphatic rings. The van der Waals surface area contributed by atoms with E-state index < -0.39 is 0 Å². The lowest BCUT2D eigenvalue weighted by Crippen LogP contribution is -2.36. The van der Waals surface area contributed by atoms with Crippen molar-refractivity contribution in [1.82, 2.24) is 24.8 Å². The van der Waals surface area contributed by atoms with E-state index in [4.69, 9.17) is 0 Å². The molecule has 7 heteroatoms. The van der Waals surface area contributed by atoms with Crippen molar-refractivity contribution < 1.29 is 4.79 Å². The summed E-state index contributed by atoms with van der Waals surface area (Å²) >= 11 is 1.70. The molecule has 3 heterocycles. The second-order valence-electron chi connectivity index (χ2n) is 5.07. The van der Waals surface area contributed by atoms with Crippen molar-refractivity contribution in [3.05, 3.63) is 52.1 Å². The van der Waals surface area contributed by atoms with Gasteiger partial charge in [-0.25, -0.2) is 4.79 Å². The van der Waals surface area contributed by atoms with Gasteiger partial charge in [0.25, 0.3) is 0 Å². The molecule has 0 atom stereocenters. The minimum absolute atomic E-state index is 0.126. The second kappa shape index (κ2) is 6.15. The number of hydrogen-bond donors (Lipinski definition) is 1. The molecule has 0 aliphatic heterocycles. The largest absolute Gasteiger partial charge is 0.331 e. The molecule has 0 unspecified atom stereocenters. The molecule has 2 amide bonds. The summed E-state index contributed by atoms with van der Waals surface area (Å²) in [5.41, 5.74) is 0.772. The van der Waals surface area contributed by atoms with Crippen LogP contribution in [0.2, 0.25) is 0 Å². The zero-order valence-corrected chi connectivity index (χ0v) is 13.3. The number of hydrogen-bond acceptors (Lipinski definition) is 4. The van der Waals surface area contributed by atoms with Crippen LogP contribution in [0.5, 0.6) is 0 Å². The van der Waals surface area contributed by atoms with Gasteiger partial charge in [0.05, 0.1) is 13.1 Å². The number of pyridine rings is 1. The topological polar surface area (TPSA) is 62.5 Å². The first-order valence-electron chi connectivity index (χ1n) is 6.96. The Kier molecular flexibility index (Phi) is 4.06. The van der Waals surface area contributed by atoms with Gasteiger partial charge in [0.1, 0.15) is 0 Å². The predicted octanol–water partition coefficient (Wildman–Crippen LogP) is 2.44. The molecule has 22 heavy (non-hydrogen) atoms. The summed E-state index contributed by atoms with van der Waals surface area (Å²) in [5, 5.41) is 11.0. The van der Waals surface area contributed by atoms with E-state index in [-0.39, 0.29) is 6.03 Å². The summed E-state index contributed by atoms with van der Waals surface area (Å²) in [5.74, 6) is 0.712. The fraction of sp³-hybridized carbons (Fsp3) is 0.267. The van der Waals surface area contributed by atoms with Crippen LogP contribution in [-0.2, 0) is 13.1 Å². The number of thiophene rings is 1. The van der Waals surface area contributed by atoms with Crippen molar-refractivity contribution in [1.29, 1.82) is 0 Å². The Morgan fingerprint density at radius 1 is 1.32 bits per heavy atom. The zero-order valence-electron chi connectivity index (χ0n) is 12.5. The Labute approximate surface area is 132 Å². The fourth-order valence-electron chi connectivity index (χ4n) is 2.18. The van der Waals surface area contributed by atoms with E-state index in [0.29, 0.717) is 18.9 Å². The molecule has 0 aromatic carbocycles. The highest BCUT2D eigenvalue weighted by Crippen LogP contribution is 2.16. The van der Waals surface area contributed by atoms with Crippen LogP contribution in [0.4, 0.5) is 4.79 Å². The minimum Gasteiger partial charge on any atom is -0.331 e. The van der Waals surface area contributed by atoms with Gasteiger partial charge in [-0.15, -0.1) is 21.5 Å². The third kappa shape index (κ3) is 3.09. The van der Waals surface area contributed by atoms with Crippen LogP contribution in [0, 0.1) is 6.92 Å². The molecule has 0 radical (unpaired) electrons. The second-order valence-corrected chi connectivity index (χ2v) is 6.44. The quantitative estimate of drug-likeness (QED) is 0.804. The van der Waals surface area contributed by atoms with Gasteiger partial charge >= 0.3 is 6.03 Å². The Bertz CT molecular complexity index is 794. The van der Waals surface area contributed by atoms with E-state index in [1.807, 2.05) is 28.8 Å². The van der Waals surface area contributed by atoms with Crippen LogP contribution in [0.15, 0.2) is 36.5 Å². The third-order valence-corrected chi connectivity index (χ3v) is 4.30. The molecule has 3 rings (SSSR count). The normalized spacial score (nSPS) is 10.8. The van der Waals surface area contributed by atoms with Crippen LogP contribution >= 0.6 is 11.3 Å². The van der Waals surface area contributed by atoms with Gasteiger partial charge in [-0.05, 0) is 31.2 Å². The number of urea groups is 1. The minimum atomic E-state index is -0.126. The maximum Gasteiger partial charge on any atom is 0.317 e. The van der Waals surface area contributed by atoms with Crippen molar-refractivity contribution in [2.24, 2.45) is 0 Å². The van der Waals surface area contributed by atoms with Crippen LogP contribution in [-0.4, -0.2) is 32.6 Å². The van der Waals surface area contributed by atoms with Gasteiger partial charge in [-0.2, -0.15) is 0 Å². The van der Waals surface area contributed by atoms with Crippen molar-refractivity contribution in [2.75, 3.05) is 7.05 Å². The smallest absolute Gasteiger partial charge is 0.317 e. The van der Waals surface area contributed by atoms with Crippen LogP contribution < -0.4 is 5.32 Å². The predicted molar refractivity (Wildman–Crippen MR) is 85.7 cm³/mol. The van der Waals surface area contributed by atoms with E-state index >= 15 is 0 Å². The summed E-state index contributed by atoms with van der Waals surface area (Å²) in [7, 11) is 1.78. The van der Waals surface area contributed by atoms with E-state index in [1.54, 1.807) is 23.3 Å². The molecule has 114 valence electrons. The van der Waals surface area contributed by atoms with E-state index in [1.165, 1.54) is 9.75 Å². The van der Waals surface area contributed by atoms with Crippen LogP contribution in [0.3, 0.4) is 0 Å². The summed E-state index contributed by atoms with van der Waals surface area (Å²) in [6.45, 7) is 3.01. The standard InChI is InChI=1S/C15H17N5OS/c1-11-6-7-12(22-11)10-19(2)15(21)16-9-14-18-17-13-5-3-4-8-20(13)14/h3-8H,9-10H2,1-2H3,(H,16,21). The van der Waals surface area contributed by atoms with Gasteiger partial charge < -0.3 is 10.2 Å². The number of aryl methyl sites for hydroxylation is 1. The van der Waals surface area contributed by atoms with Gasteiger partial charge in [-0.3, -0.25) is 4.40 Å². The molecular formula is C15H17N5OS. The molecular weight excluding hydrogens is 298 g/mol. The monoisotopic (exact) mass is 315 g/mol. The third-order valence-electron chi connectivity index (χ3n) is 3.32. The number of nitrogens with zero attached hydrogens (tertiary/aromatic N) is 4. The van der Waals surface area contributed by atoms with Crippen molar-refractivity contribution in [3.8, 4) is 0 Å². The lowest BCUT2D eigenvalue weighted by molar-refractivity contribution is 0.206. The molecule has 0 fully saturated rings. The number of aromatic nitrogens is 3. The average Bonchev–Trinajstić information content (AvgIpc) is 3.11. The lowest BCUT2D eigenvalue weighted by Gasteiger charge is -2.16. The number of nitrogens with one attached hydrogen (secondary N) is 1. The molecule has 1 N–H and O–H groups in total. The number of carbonyl (C=O) groups is 1. The van der Waals surface area contributed by atoms with Crippen molar-refractivity contribution in [2.45, 2.75) is 20.0 Å². The molecule has 0 saturated carbocycles. The molecule has 3 aromatic heterocycles. The van der Waals surface area contributed by atoms with E-state index in [9.17, 15) is 4.79 Å². The maximum atomic E-state index is 12.1. The Morgan fingerprint density at radius 3 is 2.95 bits per heavy atom. The van der Waals surface area contributed by atoms with Gasteiger partial charge in [-0.1, -0.05) is 6.07 Å². The van der Waals surface area contributed by atoms with Crippen molar-refractivity contribution in [3.63, 3.8) is 0 Å². The lowest BCUT2D eigenvalue weighted by atomic mass is 10.4. The number of fused-ring (bicyclic) bond motifs is 1. The highest BCUT2D eigenvalue weighted by Gasteiger charge is 2.11. The van der Waals surface area contributed by atoms with Gasteiger partial charge in [0.2, 0.25) is 0 Å². The molecule has 6 nitrogen and oxygen atoms in total. The summed E-state index contributed by atoms with van der Waals surface area (Å²) in [6, 6.07) is 9.68. The molecule has 0 bridgehead atoms. The van der Waals surface area contributed by atoms with Gasteiger partial charge in [0, 0.05) is 23.0 Å². The van der Waals surface area contributed by atoms with Crippen LogP contribution in [0.1, 0.15) is 15.6 Å². The Morgan fingerprint density at radius 2 is 2.18 bits per heavy atom. The average molecular weight is 315 g/mol. The van der Waals surface area contributed by atoms with Crippen molar-refractivity contribution >= 4 is 23.0 Å². The summed E-state index contributed by atoms with van der Waals surface area (Å²) < 4.78 is 1.86. The Hall–Kier alpha value is -2.41. The first-order valence-corrected chi connectivity index (χ1v) is 7.78. The maximum absolute atomic E-state index is 12.1. The first kappa shape index (κ1) is 14.5. The van der Waals surface area contributed by atoms with Gasteiger partial charge in [0.15, 0.2) is 11.5 Å².